The highest BCUT2D eigenvalue weighted by molar-refractivity contribution is 7.89. The van der Waals surface area contributed by atoms with Crippen LogP contribution in [0.15, 0.2) is 18.3 Å². The molecule has 7 heteroatoms. The van der Waals surface area contributed by atoms with Gasteiger partial charge in [0.1, 0.15) is 0 Å². The van der Waals surface area contributed by atoms with Crippen molar-refractivity contribution in [1.82, 2.24) is 15.0 Å². The van der Waals surface area contributed by atoms with Crippen molar-refractivity contribution in [2.24, 2.45) is 0 Å². The van der Waals surface area contributed by atoms with Gasteiger partial charge in [0.05, 0.1) is 12.9 Å². The minimum Gasteiger partial charge on any atom is -0.481 e. The van der Waals surface area contributed by atoms with Gasteiger partial charge in [0.15, 0.2) is 0 Å². The minimum absolute atomic E-state index is 0.0612. The van der Waals surface area contributed by atoms with E-state index in [1.54, 1.807) is 25.4 Å². The van der Waals surface area contributed by atoms with Crippen LogP contribution in [-0.2, 0) is 16.6 Å². The van der Waals surface area contributed by atoms with E-state index in [0.29, 0.717) is 12.4 Å². The Morgan fingerprint density at radius 1 is 1.47 bits per heavy atom. The van der Waals surface area contributed by atoms with Gasteiger partial charge < -0.3 is 10.1 Å². The molecule has 0 aromatic carbocycles. The molecule has 0 aliphatic heterocycles. The van der Waals surface area contributed by atoms with Gasteiger partial charge in [-0.05, 0) is 18.7 Å². The third-order valence-corrected chi connectivity index (χ3v) is 3.45. The molecule has 0 fully saturated rings. The van der Waals surface area contributed by atoms with Crippen LogP contribution in [-0.4, -0.2) is 39.9 Å². The third kappa shape index (κ3) is 5.12. The van der Waals surface area contributed by atoms with Gasteiger partial charge in [-0.25, -0.2) is 18.1 Å². The summed E-state index contributed by atoms with van der Waals surface area (Å²) in [4.78, 5) is 3.94. The van der Waals surface area contributed by atoms with Crippen LogP contribution in [0.2, 0.25) is 0 Å². The van der Waals surface area contributed by atoms with Crippen molar-refractivity contribution in [2.75, 3.05) is 26.5 Å². The van der Waals surface area contributed by atoms with E-state index >= 15 is 0 Å². The number of rotatable bonds is 7. The molecule has 0 amide bonds. The lowest BCUT2D eigenvalue weighted by atomic mass is 10.3. The number of nitrogens with one attached hydrogen (secondary N) is 2. The molecule has 0 unspecified atom stereocenters. The molecule has 0 spiro atoms. The van der Waals surface area contributed by atoms with Crippen LogP contribution in [0, 0.1) is 0 Å². The highest BCUT2D eigenvalue weighted by atomic mass is 32.2. The average Bonchev–Trinajstić information content (AvgIpc) is 2.34. The maximum atomic E-state index is 11.5. The Morgan fingerprint density at radius 3 is 2.88 bits per heavy atom. The number of sulfonamides is 1. The van der Waals surface area contributed by atoms with Gasteiger partial charge >= 0.3 is 0 Å². The van der Waals surface area contributed by atoms with Crippen LogP contribution in [0.1, 0.15) is 5.56 Å². The number of ether oxygens (including phenoxy) is 1. The molecular weight excluding hydrogens is 242 g/mol. The van der Waals surface area contributed by atoms with Crippen molar-refractivity contribution in [3.05, 3.63) is 23.9 Å². The quantitative estimate of drug-likeness (QED) is 0.704. The van der Waals surface area contributed by atoms with E-state index in [0.717, 1.165) is 5.56 Å². The summed E-state index contributed by atoms with van der Waals surface area (Å²) in [6, 6.07) is 3.43. The zero-order valence-corrected chi connectivity index (χ0v) is 10.8. The standard InChI is InChI=1S/C10H17N3O3S/c1-11-5-6-17(14,15)13-8-9-3-4-12-10(7-9)16-2/h3-4,7,11,13H,5-6,8H2,1-2H3. The van der Waals surface area contributed by atoms with Crippen LogP contribution in [0.4, 0.5) is 0 Å². The largest absolute Gasteiger partial charge is 0.481 e. The van der Waals surface area contributed by atoms with Crippen molar-refractivity contribution in [2.45, 2.75) is 6.54 Å². The number of hydrogen-bond donors (Lipinski definition) is 2. The van der Waals surface area contributed by atoms with Crippen LogP contribution in [0.3, 0.4) is 0 Å². The molecular formula is C10H17N3O3S. The summed E-state index contributed by atoms with van der Waals surface area (Å²) in [5.74, 6) is 0.531. The van der Waals surface area contributed by atoms with Gasteiger partial charge in [0.25, 0.3) is 0 Å². The molecule has 0 atom stereocenters. The Kier molecular flexibility index (Phi) is 5.33. The second-order valence-electron chi connectivity index (χ2n) is 3.45. The van der Waals surface area contributed by atoms with Gasteiger partial charge in [0, 0.05) is 25.4 Å². The Labute approximate surface area is 101 Å². The van der Waals surface area contributed by atoms with Gasteiger partial charge in [-0.2, -0.15) is 0 Å². The molecule has 0 radical (unpaired) electrons. The van der Waals surface area contributed by atoms with E-state index < -0.39 is 10.0 Å². The number of aromatic nitrogens is 1. The zero-order chi connectivity index (χ0) is 12.7. The smallest absolute Gasteiger partial charge is 0.213 e. The summed E-state index contributed by atoms with van der Waals surface area (Å²) < 4.78 is 30.5. The SMILES string of the molecule is CNCCS(=O)(=O)NCc1ccnc(OC)c1. The van der Waals surface area contributed by atoms with Crippen molar-refractivity contribution in [3.8, 4) is 5.88 Å². The summed E-state index contributed by atoms with van der Waals surface area (Å²) in [6.45, 7) is 0.667. The van der Waals surface area contributed by atoms with E-state index in [-0.39, 0.29) is 12.3 Å². The van der Waals surface area contributed by atoms with E-state index in [1.807, 2.05) is 0 Å². The molecule has 17 heavy (non-hydrogen) atoms. The summed E-state index contributed by atoms with van der Waals surface area (Å²) in [6.07, 6.45) is 1.58. The predicted molar refractivity (Wildman–Crippen MR) is 65.3 cm³/mol. The Hall–Kier alpha value is -1.18. The first kappa shape index (κ1) is 13.9. The second-order valence-corrected chi connectivity index (χ2v) is 5.38. The first-order valence-corrected chi connectivity index (χ1v) is 6.83. The van der Waals surface area contributed by atoms with Gasteiger partial charge in [-0.3, -0.25) is 0 Å². The zero-order valence-electron chi connectivity index (χ0n) is 9.93. The molecule has 1 heterocycles. The molecule has 0 bridgehead atoms. The number of methoxy groups -OCH3 is 1. The van der Waals surface area contributed by atoms with Crippen LogP contribution < -0.4 is 14.8 Å². The third-order valence-electron chi connectivity index (χ3n) is 2.13. The van der Waals surface area contributed by atoms with E-state index in [1.165, 1.54) is 7.11 Å². The summed E-state index contributed by atoms with van der Waals surface area (Å²) in [5.41, 5.74) is 0.810. The summed E-state index contributed by atoms with van der Waals surface area (Å²) in [5, 5.41) is 2.79. The highest BCUT2D eigenvalue weighted by Crippen LogP contribution is 2.08. The molecule has 0 saturated carbocycles. The first-order chi connectivity index (χ1) is 8.07. The topological polar surface area (TPSA) is 80.3 Å². The van der Waals surface area contributed by atoms with Crippen molar-refractivity contribution < 1.29 is 13.2 Å². The van der Waals surface area contributed by atoms with Crippen molar-refractivity contribution >= 4 is 10.0 Å². The molecule has 96 valence electrons. The van der Waals surface area contributed by atoms with Crippen LogP contribution in [0.5, 0.6) is 5.88 Å². The minimum atomic E-state index is -3.24. The van der Waals surface area contributed by atoms with Crippen molar-refractivity contribution in [1.29, 1.82) is 0 Å². The Bertz CT molecular complexity index is 448. The molecule has 6 nitrogen and oxygen atoms in total. The maximum absolute atomic E-state index is 11.5. The molecule has 1 aromatic rings. The molecule has 0 saturated heterocycles. The van der Waals surface area contributed by atoms with Gasteiger partial charge in [0.2, 0.25) is 15.9 Å². The first-order valence-electron chi connectivity index (χ1n) is 5.18. The monoisotopic (exact) mass is 259 g/mol. The fourth-order valence-corrected chi connectivity index (χ4v) is 2.18. The fraction of sp³-hybridized carbons (Fsp3) is 0.500. The second kappa shape index (κ2) is 6.53. The lowest BCUT2D eigenvalue weighted by Gasteiger charge is -2.07. The molecule has 1 aromatic heterocycles. The van der Waals surface area contributed by atoms with Crippen molar-refractivity contribution in [3.63, 3.8) is 0 Å². The Balaban J connectivity index is 2.54. The van der Waals surface area contributed by atoms with Crippen LogP contribution in [0.25, 0.3) is 0 Å². The van der Waals surface area contributed by atoms with Crippen LogP contribution >= 0.6 is 0 Å². The molecule has 0 aliphatic carbocycles. The van der Waals surface area contributed by atoms with Gasteiger partial charge in [-0.15, -0.1) is 0 Å². The molecule has 0 aliphatic rings. The van der Waals surface area contributed by atoms with E-state index in [9.17, 15) is 8.42 Å². The maximum Gasteiger partial charge on any atom is 0.213 e. The lowest BCUT2D eigenvalue weighted by Crippen LogP contribution is -2.30. The average molecular weight is 259 g/mol. The van der Waals surface area contributed by atoms with E-state index in [2.05, 4.69) is 15.0 Å². The number of hydrogen-bond acceptors (Lipinski definition) is 5. The summed E-state index contributed by atoms with van der Waals surface area (Å²) >= 11 is 0. The number of pyridine rings is 1. The Morgan fingerprint density at radius 2 is 2.24 bits per heavy atom. The number of nitrogens with zero attached hydrogens (tertiary/aromatic N) is 1. The molecule has 1 rings (SSSR count). The highest BCUT2D eigenvalue weighted by Gasteiger charge is 2.09. The summed E-state index contributed by atoms with van der Waals surface area (Å²) in [7, 11) is -0.00660. The van der Waals surface area contributed by atoms with Gasteiger partial charge in [-0.1, -0.05) is 0 Å². The normalized spacial score (nSPS) is 11.4. The predicted octanol–water partition coefficient (Wildman–Crippen LogP) is -0.271. The van der Waals surface area contributed by atoms with E-state index in [4.69, 9.17) is 4.74 Å². The fourth-order valence-electron chi connectivity index (χ4n) is 1.17. The lowest BCUT2D eigenvalue weighted by molar-refractivity contribution is 0.397. The molecule has 2 N–H and O–H groups in total.